The summed E-state index contributed by atoms with van der Waals surface area (Å²) in [4.78, 5) is -1.05. The number of halogens is 6. The second-order valence-corrected chi connectivity index (χ2v) is 4.73. The Hall–Kier alpha value is -1.43. The molecule has 0 spiro atoms. The Morgan fingerprint density at radius 3 is 1.84 bits per heavy atom. The fourth-order valence-electron chi connectivity index (χ4n) is 1.63. The lowest BCUT2D eigenvalue weighted by atomic mass is 10.0. The highest BCUT2D eigenvalue weighted by molar-refractivity contribution is 9.09. The normalized spacial score (nSPS) is 12.5. The first-order valence-electron chi connectivity index (χ1n) is 5.13. The molecule has 2 aromatic carbocycles. The third-order valence-corrected chi connectivity index (χ3v) is 3.52. The molecule has 0 radical (unpaired) electrons. The van der Waals surface area contributed by atoms with Gasteiger partial charge in [0.25, 0.3) is 0 Å². The van der Waals surface area contributed by atoms with Crippen molar-refractivity contribution in [1.82, 2.24) is 0 Å². The van der Waals surface area contributed by atoms with Crippen LogP contribution in [-0.2, 0) is 0 Å². The molecule has 0 saturated heterocycles. The van der Waals surface area contributed by atoms with E-state index in [1.807, 2.05) is 0 Å². The number of rotatable bonds is 2. The van der Waals surface area contributed by atoms with Crippen molar-refractivity contribution in [2.24, 2.45) is 0 Å². The molecular formula is C13H6BrF5. The van der Waals surface area contributed by atoms with Gasteiger partial charge in [0, 0.05) is 17.7 Å². The van der Waals surface area contributed by atoms with Crippen molar-refractivity contribution >= 4 is 15.9 Å². The summed E-state index contributed by atoms with van der Waals surface area (Å²) in [6.07, 6.45) is 0. The van der Waals surface area contributed by atoms with E-state index >= 15 is 0 Å². The summed E-state index contributed by atoms with van der Waals surface area (Å²) >= 11 is 2.99. The van der Waals surface area contributed by atoms with Crippen molar-refractivity contribution in [2.75, 3.05) is 0 Å². The lowest BCUT2D eigenvalue weighted by Crippen LogP contribution is -2.02. The SMILES string of the molecule is Fc1cc(F)c(C(Br)c2ccc(F)c(F)c2)c(F)c1. The minimum absolute atomic E-state index is 0.114. The van der Waals surface area contributed by atoms with Gasteiger partial charge in [-0.15, -0.1) is 0 Å². The molecule has 0 bridgehead atoms. The quantitative estimate of drug-likeness (QED) is 0.542. The van der Waals surface area contributed by atoms with E-state index in [1.54, 1.807) is 0 Å². The molecule has 0 nitrogen and oxygen atoms in total. The number of hydrogen-bond donors (Lipinski definition) is 0. The van der Waals surface area contributed by atoms with Gasteiger partial charge in [0.2, 0.25) is 0 Å². The summed E-state index contributed by atoms with van der Waals surface area (Å²) in [5, 5.41) is 0. The molecule has 0 heterocycles. The van der Waals surface area contributed by atoms with Crippen LogP contribution in [-0.4, -0.2) is 0 Å². The molecule has 0 saturated carbocycles. The van der Waals surface area contributed by atoms with Crippen LogP contribution in [0.1, 0.15) is 16.0 Å². The zero-order valence-corrected chi connectivity index (χ0v) is 10.8. The summed E-state index contributed by atoms with van der Waals surface area (Å²) in [6.45, 7) is 0. The van der Waals surface area contributed by atoms with E-state index in [4.69, 9.17) is 0 Å². The average molecular weight is 337 g/mol. The maximum atomic E-state index is 13.5. The van der Waals surface area contributed by atoms with Crippen molar-refractivity contribution in [1.29, 1.82) is 0 Å². The molecule has 2 aromatic rings. The maximum absolute atomic E-state index is 13.5. The van der Waals surface area contributed by atoms with Crippen LogP contribution in [0.25, 0.3) is 0 Å². The third-order valence-electron chi connectivity index (χ3n) is 2.53. The first-order valence-corrected chi connectivity index (χ1v) is 6.05. The zero-order valence-electron chi connectivity index (χ0n) is 9.23. The first-order chi connectivity index (χ1) is 8.90. The molecule has 100 valence electrons. The minimum Gasteiger partial charge on any atom is -0.207 e. The van der Waals surface area contributed by atoms with Crippen LogP contribution in [0.5, 0.6) is 0 Å². The van der Waals surface area contributed by atoms with E-state index < -0.39 is 39.5 Å². The highest BCUT2D eigenvalue weighted by Crippen LogP contribution is 2.35. The molecule has 1 unspecified atom stereocenters. The standard InChI is InChI=1S/C13H6BrF5/c14-13(6-1-2-8(16)9(17)3-6)12-10(18)4-7(15)5-11(12)19/h1-5,13H. The fourth-order valence-corrected chi connectivity index (χ4v) is 2.35. The Balaban J connectivity index is 2.49. The van der Waals surface area contributed by atoms with Gasteiger partial charge in [-0.05, 0) is 17.7 Å². The van der Waals surface area contributed by atoms with Crippen LogP contribution in [0.15, 0.2) is 30.3 Å². The van der Waals surface area contributed by atoms with E-state index in [1.165, 1.54) is 6.07 Å². The lowest BCUT2D eigenvalue weighted by molar-refractivity contribution is 0.506. The predicted octanol–water partition coefficient (Wildman–Crippen LogP) is 4.87. The van der Waals surface area contributed by atoms with Gasteiger partial charge < -0.3 is 0 Å². The average Bonchev–Trinajstić information content (AvgIpc) is 2.31. The molecule has 19 heavy (non-hydrogen) atoms. The molecule has 0 aromatic heterocycles. The number of hydrogen-bond acceptors (Lipinski definition) is 0. The van der Waals surface area contributed by atoms with Gasteiger partial charge in [0.1, 0.15) is 17.5 Å². The van der Waals surface area contributed by atoms with Gasteiger partial charge in [-0.3, -0.25) is 0 Å². The van der Waals surface area contributed by atoms with Gasteiger partial charge in [0.05, 0.1) is 4.83 Å². The second kappa shape index (κ2) is 5.28. The van der Waals surface area contributed by atoms with Gasteiger partial charge >= 0.3 is 0 Å². The molecule has 0 aliphatic carbocycles. The third kappa shape index (κ3) is 2.78. The van der Waals surface area contributed by atoms with Crippen LogP contribution < -0.4 is 0 Å². The zero-order chi connectivity index (χ0) is 14.2. The Morgan fingerprint density at radius 2 is 1.32 bits per heavy atom. The highest BCUT2D eigenvalue weighted by Gasteiger charge is 2.21. The Kier molecular flexibility index (Phi) is 3.89. The molecule has 0 amide bonds. The molecule has 6 heteroatoms. The Labute approximate surface area is 114 Å². The minimum atomic E-state index is -1.13. The van der Waals surface area contributed by atoms with Crippen molar-refractivity contribution in [3.63, 3.8) is 0 Å². The molecule has 2 rings (SSSR count). The highest BCUT2D eigenvalue weighted by atomic mass is 79.9. The first kappa shape index (κ1) is 14.0. The maximum Gasteiger partial charge on any atom is 0.159 e. The van der Waals surface area contributed by atoms with E-state index in [0.29, 0.717) is 12.1 Å². The van der Waals surface area contributed by atoms with Crippen molar-refractivity contribution in [3.05, 3.63) is 70.5 Å². The van der Waals surface area contributed by atoms with Crippen LogP contribution in [0.4, 0.5) is 22.0 Å². The second-order valence-electron chi connectivity index (χ2n) is 3.82. The van der Waals surface area contributed by atoms with Crippen molar-refractivity contribution < 1.29 is 22.0 Å². The smallest absolute Gasteiger partial charge is 0.159 e. The number of benzene rings is 2. The summed E-state index contributed by atoms with van der Waals surface area (Å²) in [5.41, 5.74) is -0.351. The topological polar surface area (TPSA) is 0 Å². The van der Waals surface area contributed by atoms with Gasteiger partial charge in [-0.25, -0.2) is 22.0 Å². The monoisotopic (exact) mass is 336 g/mol. The molecule has 0 fully saturated rings. The summed E-state index contributed by atoms with van der Waals surface area (Å²) in [6, 6.07) is 3.88. The van der Waals surface area contributed by atoms with Crippen LogP contribution in [0, 0.1) is 29.1 Å². The molecule has 0 aliphatic rings. The van der Waals surface area contributed by atoms with E-state index in [2.05, 4.69) is 15.9 Å². The van der Waals surface area contributed by atoms with Crippen LogP contribution in [0.2, 0.25) is 0 Å². The summed E-state index contributed by atoms with van der Waals surface area (Å²) < 4.78 is 65.8. The van der Waals surface area contributed by atoms with Gasteiger partial charge in [0.15, 0.2) is 11.6 Å². The summed E-state index contributed by atoms with van der Waals surface area (Å²) in [7, 11) is 0. The molecule has 0 aliphatic heterocycles. The molecule has 1 atom stereocenters. The van der Waals surface area contributed by atoms with E-state index in [9.17, 15) is 22.0 Å². The lowest BCUT2D eigenvalue weighted by Gasteiger charge is -2.13. The molecular weight excluding hydrogens is 331 g/mol. The Bertz CT molecular complexity index is 603. The van der Waals surface area contributed by atoms with Gasteiger partial charge in [-0.1, -0.05) is 22.0 Å². The largest absolute Gasteiger partial charge is 0.207 e. The fraction of sp³-hybridized carbons (Fsp3) is 0.0769. The van der Waals surface area contributed by atoms with Crippen molar-refractivity contribution in [3.8, 4) is 0 Å². The van der Waals surface area contributed by atoms with Crippen LogP contribution in [0.3, 0.4) is 0 Å². The van der Waals surface area contributed by atoms with E-state index in [-0.39, 0.29) is 5.56 Å². The van der Waals surface area contributed by atoms with Crippen molar-refractivity contribution in [2.45, 2.75) is 4.83 Å². The Morgan fingerprint density at radius 1 is 0.737 bits per heavy atom. The van der Waals surface area contributed by atoms with Gasteiger partial charge in [-0.2, -0.15) is 0 Å². The summed E-state index contributed by atoms with van der Waals surface area (Å²) in [5.74, 6) is -5.47. The van der Waals surface area contributed by atoms with E-state index in [0.717, 1.165) is 12.1 Å². The number of alkyl halides is 1. The predicted molar refractivity (Wildman–Crippen MR) is 63.4 cm³/mol. The van der Waals surface area contributed by atoms with Crippen LogP contribution >= 0.6 is 15.9 Å². The molecule has 0 N–H and O–H groups in total.